The van der Waals surface area contributed by atoms with Crippen LogP contribution in [0.1, 0.15) is 38.5 Å². The predicted octanol–water partition coefficient (Wildman–Crippen LogP) is 0.468. The Hall–Kier alpha value is -0.610. The van der Waals surface area contributed by atoms with Gasteiger partial charge < -0.3 is 16.0 Å². The lowest BCUT2D eigenvalue weighted by molar-refractivity contribution is -0.120. The fraction of sp³-hybridized carbons (Fsp3) is 0.917. The first kappa shape index (κ1) is 11.9. The topological polar surface area (TPSA) is 58.4 Å². The molecule has 0 radical (unpaired) electrons. The van der Waals surface area contributed by atoms with E-state index in [1.807, 2.05) is 0 Å². The Balaban J connectivity index is 1.71. The highest BCUT2D eigenvalue weighted by molar-refractivity contribution is 5.78. The van der Waals surface area contributed by atoms with Crippen molar-refractivity contribution in [3.8, 4) is 0 Å². The average Bonchev–Trinajstić information content (AvgIpc) is 2.83. The SMILES string of the molecule is NCC(=O)NC1CCN(C2CCCC2)CC1. The summed E-state index contributed by atoms with van der Waals surface area (Å²) in [5.74, 6) is -0.0145. The van der Waals surface area contributed by atoms with E-state index in [0.29, 0.717) is 6.04 Å². The van der Waals surface area contributed by atoms with E-state index < -0.39 is 0 Å². The molecule has 92 valence electrons. The summed E-state index contributed by atoms with van der Waals surface area (Å²) in [5.41, 5.74) is 5.29. The standard InChI is InChI=1S/C12H23N3O/c13-9-12(16)14-10-5-7-15(8-6-10)11-3-1-2-4-11/h10-11H,1-9,13H2,(H,14,16). The number of amides is 1. The molecule has 1 saturated heterocycles. The fourth-order valence-electron chi connectivity index (χ4n) is 2.96. The van der Waals surface area contributed by atoms with Crippen molar-refractivity contribution in [2.24, 2.45) is 5.73 Å². The molecule has 4 nitrogen and oxygen atoms in total. The highest BCUT2D eigenvalue weighted by Gasteiger charge is 2.27. The molecule has 1 aliphatic heterocycles. The number of carbonyl (C=O) groups excluding carboxylic acids is 1. The lowest BCUT2D eigenvalue weighted by Gasteiger charge is -2.36. The zero-order chi connectivity index (χ0) is 11.4. The molecule has 1 heterocycles. The number of carbonyl (C=O) groups is 1. The van der Waals surface area contributed by atoms with Crippen LogP contribution >= 0.6 is 0 Å². The predicted molar refractivity (Wildman–Crippen MR) is 64.0 cm³/mol. The largest absolute Gasteiger partial charge is 0.352 e. The van der Waals surface area contributed by atoms with Gasteiger partial charge in [0.15, 0.2) is 0 Å². The van der Waals surface area contributed by atoms with Crippen LogP contribution in [0.2, 0.25) is 0 Å². The molecule has 0 bridgehead atoms. The number of hydrogen-bond donors (Lipinski definition) is 2. The average molecular weight is 225 g/mol. The van der Waals surface area contributed by atoms with Gasteiger partial charge in [0.2, 0.25) is 5.91 Å². The Morgan fingerprint density at radius 2 is 1.81 bits per heavy atom. The number of hydrogen-bond acceptors (Lipinski definition) is 3. The summed E-state index contributed by atoms with van der Waals surface area (Å²) in [4.78, 5) is 13.8. The van der Waals surface area contributed by atoms with E-state index in [9.17, 15) is 4.79 Å². The molecule has 2 fully saturated rings. The number of nitrogens with one attached hydrogen (secondary N) is 1. The quantitative estimate of drug-likeness (QED) is 0.734. The molecule has 0 spiro atoms. The summed E-state index contributed by atoms with van der Waals surface area (Å²) in [6, 6.07) is 1.18. The lowest BCUT2D eigenvalue weighted by Crippen LogP contribution is -2.48. The van der Waals surface area contributed by atoms with Gasteiger partial charge in [0.1, 0.15) is 0 Å². The van der Waals surface area contributed by atoms with Crippen LogP contribution in [0.3, 0.4) is 0 Å². The summed E-state index contributed by atoms with van der Waals surface area (Å²) in [6.07, 6.45) is 7.72. The van der Waals surface area contributed by atoms with E-state index in [2.05, 4.69) is 10.2 Å². The van der Waals surface area contributed by atoms with Gasteiger partial charge in [-0.2, -0.15) is 0 Å². The third kappa shape index (κ3) is 2.95. The molecule has 2 aliphatic rings. The molecule has 1 amide bonds. The minimum atomic E-state index is -0.0145. The van der Waals surface area contributed by atoms with E-state index >= 15 is 0 Å². The monoisotopic (exact) mass is 225 g/mol. The summed E-state index contributed by atoms with van der Waals surface area (Å²) in [5, 5.41) is 2.99. The van der Waals surface area contributed by atoms with Gasteiger partial charge in [0.05, 0.1) is 6.54 Å². The number of nitrogens with two attached hydrogens (primary N) is 1. The van der Waals surface area contributed by atoms with Crippen LogP contribution in [-0.2, 0) is 4.79 Å². The summed E-state index contributed by atoms with van der Waals surface area (Å²) in [7, 11) is 0. The highest BCUT2D eigenvalue weighted by atomic mass is 16.1. The minimum Gasteiger partial charge on any atom is -0.352 e. The van der Waals surface area contributed by atoms with Crippen LogP contribution in [0.4, 0.5) is 0 Å². The van der Waals surface area contributed by atoms with Crippen molar-refractivity contribution in [2.45, 2.75) is 50.6 Å². The highest BCUT2D eigenvalue weighted by Crippen LogP contribution is 2.25. The molecule has 0 aromatic carbocycles. The van der Waals surface area contributed by atoms with Crippen LogP contribution in [0.25, 0.3) is 0 Å². The lowest BCUT2D eigenvalue weighted by atomic mass is 10.0. The molecule has 4 heteroatoms. The smallest absolute Gasteiger partial charge is 0.233 e. The van der Waals surface area contributed by atoms with E-state index in [0.717, 1.165) is 32.0 Å². The maximum Gasteiger partial charge on any atom is 0.233 e. The summed E-state index contributed by atoms with van der Waals surface area (Å²) >= 11 is 0. The second kappa shape index (κ2) is 5.64. The maximum atomic E-state index is 11.2. The first-order valence-electron chi connectivity index (χ1n) is 6.53. The Kier molecular flexibility index (Phi) is 4.18. The van der Waals surface area contributed by atoms with Crippen molar-refractivity contribution in [3.05, 3.63) is 0 Å². The third-order valence-electron chi connectivity index (χ3n) is 3.92. The van der Waals surface area contributed by atoms with Crippen molar-refractivity contribution in [3.63, 3.8) is 0 Å². The van der Waals surface area contributed by atoms with Gasteiger partial charge in [0.25, 0.3) is 0 Å². The van der Waals surface area contributed by atoms with Crippen molar-refractivity contribution >= 4 is 5.91 Å². The molecular formula is C12H23N3O. The first-order valence-corrected chi connectivity index (χ1v) is 6.53. The Bertz CT molecular complexity index is 230. The van der Waals surface area contributed by atoms with Crippen LogP contribution in [0.5, 0.6) is 0 Å². The molecule has 1 saturated carbocycles. The van der Waals surface area contributed by atoms with Gasteiger partial charge in [0, 0.05) is 25.2 Å². The van der Waals surface area contributed by atoms with E-state index in [-0.39, 0.29) is 12.5 Å². The zero-order valence-corrected chi connectivity index (χ0v) is 9.95. The van der Waals surface area contributed by atoms with Crippen molar-refractivity contribution in [1.29, 1.82) is 0 Å². The first-order chi connectivity index (χ1) is 7.79. The fourth-order valence-corrected chi connectivity index (χ4v) is 2.96. The van der Waals surface area contributed by atoms with Gasteiger partial charge in [-0.15, -0.1) is 0 Å². The van der Waals surface area contributed by atoms with Crippen LogP contribution in [-0.4, -0.2) is 42.5 Å². The number of likely N-dealkylation sites (tertiary alicyclic amines) is 1. The van der Waals surface area contributed by atoms with Gasteiger partial charge in [-0.1, -0.05) is 12.8 Å². The molecule has 2 rings (SSSR count). The Morgan fingerprint density at radius 1 is 1.19 bits per heavy atom. The van der Waals surface area contributed by atoms with E-state index in [1.165, 1.54) is 25.7 Å². The molecular weight excluding hydrogens is 202 g/mol. The van der Waals surface area contributed by atoms with Crippen molar-refractivity contribution in [2.75, 3.05) is 19.6 Å². The zero-order valence-electron chi connectivity index (χ0n) is 9.95. The van der Waals surface area contributed by atoms with Gasteiger partial charge in [-0.05, 0) is 25.7 Å². The molecule has 0 unspecified atom stereocenters. The molecule has 16 heavy (non-hydrogen) atoms. The molecule has 1 aliphatic carbocycles. The van der Waals surface area contributed by atoms with Gasteiger partial charge in [-0.3, -0.25) is 4.79 Å². The minimum absolute atomic E-state index is 0.0145. The number of nitrogens with zero attached hydrogens (tertiary/aromatic N) is 1. The Morgan fingerprint density at radius 3 is 2.38 bits per heavy atom. The van der Waals surface area contributed by atoms with Crippen molar-refractivity contribution in [1.82, 2.24) is 10.2 Å². The number of rotatable bonds is 3. The molecule has 3 N–H and O–H groups in total. The normalized spacial score (nSPS) is 24.8. The van der Waals surface area contributed by atoms with Crippen LogP contribution < -0.4 is 11.1 Å². The van der Waals surface area contributed by atoms with Gasteiger partial charge in [-0.25, -0.2) is 0 Å². The summed E-state index contributed by atoms with van der Waals surface area (Å²) in [6.45, 7) is 2.39. The van der Waals surface area contributed by atoms with Crippen LogP contribution in [0.15, 0.2) is 0 Å². The van der Waals surface area contributed by atoms with Gasteiger partial charge >= 0.3 is 0 Å². The second-order valence-electron chi connectivity index (χ2n) is 5.02. The Labute approximate surface area is 97.6 Å². The second-order valence-corrected chi connectivity index (χ2v) is 5.02. The van der Waals surface area contributed by atoms with Crippen LogP contribution in [0, 0.1) is 0 Å². The molecule has 0 aromatic rings. The van der Waals surface area contributed by atoms with E-state index in [1.54, 1.807) is 0 Å². The molecule has 0 atom stereocenters. The maximum absolute atomic E-state index is 11.2. The third-order valence-corrected chi connectivity index (χ3v) is 3.92. The number of piperidine rings is 1. The van der Waals surface area contributed by atoms with E-state index in [4.69, 9.17) is 5.73 Å². The van der Waals surface area contributed by atoms with Crippen molar-refractivity contribution < 1.29 is 4.79 Å². The summed E-state index contributed by atoms with van der Waals surface area (Å²) < 4.78 is 0. The molecule has 0 aromatic heterocycles.